The number of hydrogen-bond donors (Lipinski definition) is 1. The summed E-state index contributed by atoms with van der Waals surface area (Å²) in [6.07, 6.45) is 11.6. The first-order valence-corrected chi connectivity index (χ1v) is 7.27. The van der Waals surface area contributed by atoms with E-state index in [-0.39, 0.29) is 0 Å². The minimum absolute atomic E-state index is 0.557. The van der Waals surface area contributed by atoms with E-state index in [2.05, 4.69) is 33.0 Å². The molecule has 2 aromatic heterocycles. The van der Waals surface area contributed by atoms with Gasteiger partial charge in [-0.3, -0.25) is 0 Å². The van der Waals surface area contributed by atoms with E-state index in [0.29, 0.717) is 12.1 Å². The van der Waals surface area contributed by atoms with Gasteiger partial charge in [0.15, 0.2) is 0 Å². The maximum absolute atomic E-state index is 4.29. The van der Waals surface area contributed by atoms with Gasteiger partial charge in [-0.2, -0.15) is 0 Å². The van der Waals surface area contributed by atoms with Crippen LogP contribution in [0.3, 0.4) is 0 Å². The van der Waals surface area contributed by atoms with Gasteiger partial charge >= 0.3 is 0 Å². The van der Waals surface area contributed by atoms with Gasteiger partial charge < -0.3 is 9.88 Å². The zero-order chi connectivity index (χ0) is 12.4. The van der Waals surface area contributed by atoms with Crippen LogP contribution in [0, 0.1) is 6.92 Å². The van der Waals surface area contributed by atoms with E-state index in [1.54, 1.807) is 11.3 Å². The molecule has 5 heteroatoms. The normalized spacial score (nSPS) is 23.6. The second kappa shape index (κ2) is 5.20. The Kier molecular flexibility index (Phi) is 3.43. The van der Waals surface area contributed by atoms with Crippen molar-refractivity contribution in [3.8, 4) is 0 Å². The fraction of sp³-hybridized carbons (Fsp3) is 0.538. The van der Waals surface area contributed by atoms with E-state index in [1.165, 1.54) is 24.1 Å². The Morgan fingerprint density at radius 3 is 3.17 bits per heavy atom. The first-order chi connectivity index (χ1) is 8.83. The molecule has 0 bridgehead atoms. The molecule has 2 heterocycles. The molecular formula is C13H18N4S. The third-order valence-corrected chi connectivity index (χ3v) is 4.51. The van der Waals surface area contributed by atoms with Gasteiger partial charge in [0.05, 0.1) is 11.3 Å². The zero-order valence-corrected chi connectivity index (χ0v) is 11.4. The molecule has 0 aliphatic heterocycles. The van der Waals surface area contributed by atoms with Crippen molar-refractivity contribution in [3.63, 3.8) is 0 Å². The molecule has 0 spiro atoms. The molecule has 96 valence electrons. The van der Waals surface area contributed by atoms with Crippen molar-refractivity contribution < 1.29 is 0 Å². The van der Waals surface area contributed by atoms with Gasteiger partial charge in [-0.15, -0.1) is 11.3 Å². The summed E-state index contributed by atoms with van der Waals surface area (Å²) >= 11 is 1.78. The van der Waals surface area contributed by atoms with Gasteiger partial charge in [0.2, 0.25) is 0 Å². The minimum atomic E-state index is 0.557. The number of aromatic nitrogens is 3. The highest BCUT2D eigenvalue weighted by molar-refractivity contribution is 7.11. The predicted molar refractivity (Wildman–Crippen MR) is 72.6 cm³/mol. The SMILES string of the molecule is Cc1ncc(CNC2CCCC2n2ccnc2)s1. The molecule has 18 heavy (non-hydrogen) atoms. The Hall–Kier alpha value is -1.20. The molecule has 1 fully saturated rings. The van der Waals surface area contributed by atoms with E-state index < -0.39 is 0 Å². The molecule has 0 radical (unpaired) electrons. The van der Waals surface area contributed by atoms with Crippen LogP contribution in [0.4, 0.5) is 0 Å². The van der Waals surface area contributed by atoms with Crippen LogP contribution in [-0.2, 0) is 6.54 Å². The first-order valence-electron chi connectivity index (χ1n) is 6.45. The lowest BCUT2D eigenvalue weighted by molar-refractivity contribution is 0.391. The van der Waals surface area contributed by atoms with E-state index in [1.807, 2.05) is 18.7 Å². The summed E-state index contributed by atoms with van der Waals surface area (Å²) in [6.45, 7) is 2.99. The maximum atomic E-state index is 4.29. The third kappa shape index (κ3) is 2.47. The van der Waals surface area contributed by atoms with E-state index in [0.717, 1.165) is 11.6 Å². The molecular weight excluding hydrogens is 244 g/mol. The smallest absolute Gasteiger partial charge is 0.0949 e. The summed E-state index contributed by atoms with van der Waals surface area (Å²) in [4.78, 5) is 9.77. The number of rotatable bonds is 4. The summed E-state index contributed by atoms with van der Waals surface area (Å²) in [5.74, 6) is 0. The molecule has 0 amide bonds. The second-order valence-electron chi connectivity index (χ2n) is 4.84. The van der Waals surface area contributed by atoms with Crippen molar-refractivity contribution in [3.05, 3.63) is 34.8 Å². The number of hydrogen-bond acceptors (Lipinski definition) is 4. The van der Waals surface area contributed by atoms with Crippen molar-refractivity contribution in [2.24, 2.45) is 0 Å². The topological polar surface area (TPSA) is 42.7 Å². The monoisotopic (exact) mass is 262 g/mol. The Labute approximate surface area is 111 Å². The molecule has 0 saturated heterocycles. The predicted octanol–water partition coefficient (Wildman–Crippen LogP) is 2.53. The highest BCUT2D eigenvalue weighted by atomic mass is 32.1. The van der Waals surface area contributed by atoms with Gasteiger partial charge in [-0.05, 0) is 26.2 Å². The molecule has 1 N–H and O–H groups in total. The summed E-state index contributed by atoms with van der Waals surface area (Å²) in [7, 11) is 0. The van der Waals surface area contributed by atoms with Crippen LogP contribution in [0.2, 0.25) is 0 Å². The van der Waals surface area contributed by atoms with Crippen molar-refractivity contribution in [1.29, 1.82) is 0 Å². The maximum Gasteiger partial charge on any atom is 0.0949 e. The Morgan fingerprint density at radius 2 is 2.44 bits per heavy atom. The minimum Gasteiger partial charge on any atom is -0.333 e. The average Bonchev–Trinajstić information content (AvgIpc) is 3.07. The zero-order valence-electron chi connectivity index (χ0n) is 10.5. The van der Waals surface area contributed by atoms with Crippen molar-refractivity contribution in [2.45, 2.75) is 44.8 Å². The lowest BCUT2D eigenvalue weighted by Gasteiger charge is -2.21. The molecule has 4 nitrogen and oxygen atoms in total. The van der Waals surface area contributed by atoms with Gasteiger partial charge in [0, 0.05) is 42.1 Å². The van der Waals surface area contributed by atoms with E-state index >= 15 is 0 Å². The quantitative estimate of drug-likeness (QED) is 0.920. The number of thiazole rings is 1. The highest BCUT2D eigenvalue weighted by Crippen LogP contribution is 2.30. The van der Waals surface area contributed by atoms with Crippen molar-refractivity contribution in [2.75, 3.05) is 0 Å². The van der Waals surface area contributed by atoms with Crippen LogP contribution in [0.25, 0.3) is 0 Å². The summed E-state index contributed by atoms with van der Waals surface area (Å²) < 4.78 is 2.24. The lowest BCUT2D eigenvalue weighted by Crippen LogP contribution is -2.32. The van der Waals surface area contributed by atoms with Crippen LogP contribution in [0.5, 0.6) is 0 Å². The van der Waals surface area contributed by atoms with Crippen LogP contribution in [0.15, 0.2) is 24.9 Å². The van der Waals surface area contributed by atoms with Crippen molar-refractivity contribution in [1.82, 2.24) is 19.9 Å². The molecule has 3 rings (SSSR count). The van der Waals surface area contributed by atoms with Gasteiger partial charge in [-0.1, -0.05) is 0 Å². The van der Waals surface area contributed by atoms with Gasteiger partial charge in [0.25, 0.3) is 0 Å². The van der Waals surface area contributed by atoms with Crippen LogP contribution in [-0.4, -0.2) is 20.6 Å². The summed E-state index contributed by atoms with van der Waals surface area (Å²) in [6, 6.07) is 1.11. The van der Waals surface area contributed by atoms with Crippen molar-refractivity contribution >= 4 is 11.3 Å². The lowest BCUT2D eigenvalue weighted by atomic mass is 10.1. The van der Waals surface area contributed by atoms with Crippen LogP contribution < -0.4 is 5.32 Å². The van der Waals surface area contributed by atoms with Crippen LogP contribution in [0.1, 0.15) is 35.2 Å². The van der Waals surface area contributed by atoms with E-state index in [4.69, 9.17) is 0 Å². The summed E-state index contributed by atoms with van der Waals surface area (Å²) in [5.41, 5.74) is 0. The number of nitrogens with zero attached hydrogens (tertiary/aromatic N) is 3. The average molecular weight is 262 g/mol. The first kappa shape index (κ1) is 11.9. The fourth-order valence-corrected chi connectivity index (χ4v) is 3.47. The largest absolute Gasteiger partial charge is 0.333 e. The second-order valence-corrected chi connectivity index (χ2v) is 6.16. The summed E-state index contributed by atoms with van der Waals surface area (Å²) in [5, 5.41) is 4.81. The molecule has 0 aromatic carbocycles. The third-order valence-electron chi connectivity index (χ3n) is 3.59. The Bertz CT molecular complexity index is 491. The van der Waals surface area contributed by atoms with Gasteiger partial charge in [-0.25, -0.2) is 9.97 Å². The Morgan fingerprint density at radius 1 is 1.50 bits per heavy atom. The van der Waals surface area contributed by atoms with E-state index in [9.17, 15) is 0 Å². The number of aryl methyl sites for hydroxylation is 1. The molecule has 1 aliphatic carbocycles. The molecule has 1 aliphatic rings. The van der Waals surface area contributed by atoms with Gasteiger partial charge in [0.1, 0.15) is 0 Å². The fourth-order valence-electron chi connectivity index (χ4n) is 2.72. The molecule has 2 atom stereocenters. The number of nitrogens with one attached hydrogen (secondary N) is 1. The highest BCUT2D eigenvalue weighted by Gasteiger charge is 2.27. The molecule has 2 aromatic rings. The number of imidazole rings is 1. The molecule has 2 unspecified atom stereocenters. The Balaban J connectivity index is 1.62. The standard InChI is InChI=1S/C13H18N4S/c1-10-15-7-11(18-10)8-16-12-3-2-4-13(12)17-6-5-14-9-17/h5-7,9,12-13,16H,2-4,8H2,1H3. The molecule has 1 saturated carbocycles. The van der Waals surface area contributed by atoms with Crippen LogP contribution >= 0.6 is 11.3 Å².